The average Bonchev–Trinajstić information content (AvgIpc) is 2.61. The molecule has 2 aromatic rings. The van der Waals surface area contributed by atoms with Crippen LogP contribution in [0.3, 0.4) is 0 Å². The molecule has 0 fully saturated rings. The molecular weight excluding hydrogens is 348 g/mol. The van der Waals surface area contributed by atoms with Gasteiger partial charge in [0.15, 0.2) is 0 Å². The highest BCUT2D eigenvalue weighted by atomic mass is 16.5. The molecule has 3 heteroatoms. The Morgan fingerprint density at radius 2 is 1.18 bits per heavy atom. The molecule has 0 aliphatic rings. The number of benzene rings is 2. The molecule has 0 bridgehead atoms. The van der Waals surface area contributed by atoms with Gasteiger partial charge < -0.3 is 9.47 Å². The van der Waals surface area contributed by atoms with E-state index in [2.05, 4.69) is 26.0 Å². The third-order valence-corrected chi connectivity index (χ3v) is 5.22. The van der Waals surface area contributed by atoms with Crippen LogP contribution in [0.15, 0.2) is 48.5 Å². The molecule has 0 aliphatic heterocycles. The lowest BCUT2D eigenvalue weighted by atomic mass is 9.78. The fraction of sp³-hybridized carbons (Fsp3) is 0.480. The highest BCUT2D eigenvalue weighted by Gasteiger charge is 2.28. The summed E-state index contributed by atoms with van der Waals surface area (Å²) in [5, 5.41) is 0. The minimum absolute atomic E-state index is 0.175. The van der Waals surface area contributed by atoms with Crippen molar-refractivity contribution in [3.05, 3.63) is 59.7 Å². The minimum Gasteiger partial charge on any atom is -0.488 e. The summed E-state index contributed by atoms with van der Waals surface area (Å²) < 4.78 is 11.5. The van der Waals surface area contributed by atoms with Gasteiger partial charge in [-0.05, 0) is 76.4 Å². The summed E-state index contributed by atoms with van der Waals surface area (Å²) in [6.07, 6.45) is 0.742. The van der Waals surface area contributed by atoms with Crippen molar-refractivity contribution in [1.29, 1.82) is 0 Å². The maximum absolute atomic E-state index is 12.3. The van der Waals surface area contributed by atoms with Crippen LogP contribution < -0.4 is 9.47 Å². The van der Waals surface area contributed by atoms with E-state index in [0.717, 1.165) is 17.7 Å². The lowest BCUT2D eigenvalue weighted by molar-refractivity contribution is -0.144. The van der Waals surface area contributed by atoms with E-state index < -0.39 is 5.41 Å². The van der Waals surface area contributed by atoms with Gasteiger partial charge in [-0.25, -0.2) is 0 Å². The summed E-state index contributed by atoms with van der Waals surface area (Å²) in [6, 6.07) is 16.1. The first-order valence-corrected chi connectivity index (χ1v) is 9.97. The van der Waals surface area contributed by atoms with Gasteiger partial charge in [-0.15, -0.1) is 0 Å². The molecule has 0 saturated heterocycles. The zero-order chi connectivity index (χ0) is 21.2. The molecule has 3 nitrogen and oxygen atoms in total. The predicted molar refractivity (Wildman–Crippen MR) is 115 cm³/mol. The van der Waals surface area contributed by atoms with E-state index in [9.17, 15) is 4.79 Å². The Balaban J connectivity index is 2.16. The van der Waals surface area contributed by atoms with E-state index in [4.69, 9.17) is 9.47 Å². The van der Waals surface area contributed by atoms with Gasteiger partial charge in [0.2, 0.25) is 0 Å². The van der Waals surface area contributed by atoms with Crippen molar-refractivity contribution in [2.45, 2.75) is 72.8 Å². The molecule has 0 spiro atoms. The molecule has 2 rings (SSSR count). The van der Waals surface area contributed by atoms with E-state index in [-0.39, 0.29) is 17.0 Å². The molecule has 0 heterocycles. The minimum atomic E-state index is -0.477. The highest BCUT2D eigenvalue weighted by molar-refractivity contribution is 5.78. The fourth-order valence-corrected chi connectivity index (χ4v) is 2.79. The van der Waals surface area contributed by atoms with Crippen molar-refractivity contribution >= 4 is 5.97 Å². The second-order valence-corrected chi connectivity index (χ2v) is 9.52. The molecule has 0 amide bonds. The second-order valence-electron chi connectivity index (χ2n) is 9.52. The number of hydrogen-bond acceptors (Lipinski definition) is 3. The Morgan fingerprint density at radius 3 is 1.57 bits per heavy atom. The molecule has 2 aromatic carbocycles. The zero-order valence-corrected chi connectivity index (χ0v) is 18.6. The number of ether oxygens (including phenoxy) is 2. The largest absolute Gasteiger partial charge is 0.488 e. The van der Waals surface area contributed by atoms with Gasteiger partial charge in [-0.3, -0.25) is 4.79 Å². The molecule has 28 heavy (non-hydrogen) atoms. The zero-order valence-electron chi connectivity index (χ0n) is 18.6. The van der Waals surface area contributed by atoms with Crippen LogP contribution in [0.1, 0.15) is 72.9 Å². The van der Waals surface area contributed by atoms with E-state index in [1.807, 2.05) is 77.9 Å². The normalized spacial score (nSPS) is 12.6. The van der Waals surface area contributed by atoms with Gasteiger partial charge in [-0.1, -0.05) is 45.0 Å². The quantitative estimate of drug-likeness (QED) is 0.421. The molecule has 152 valence electrons. The van der Waals surface area contributed by atoms with E-state index in [0.29, 0.717) is 5.75 Å². The van der Waals surface area contributed by atoms with Gasteiger partial charge in [0, 0.05) is 5.41 Å². The van der Waals surface area contributed by atoms with Crippen LogP contribution in [0, 0.1) is 5.41 Å². The van der Waals surface area contributed by atoms with Gasteiger partial charge in [0.1, 0.15) is 17.1 Å². The maximum atomic E-state index is 12.3. The lowest BCUT2D eigenvalue weighted by Gasteiger charge is -2.27. The molecule has 0 atom stereocenters. The van der Waals surface area contributed by atoms with Gasteiger partial charge >= 0.3 is 5.97 Å². The summed E-state index contributed by atoms with van der Waals surface area (Å²) in [6.45, 7) is 16.3. The van der Waals surface area contributed by atoms with Gasteiger partial charge in [0.05, 0.1) is 5.41 Å². The summed E-state index contributed by atoms with van der Waals surface area (Å²) in [5.41, 5.74) is 1.49. The van der Waals surface area contributed by atoms with Crippen molar-refractivity contribution in [2.24, 2.45) is 5.41 Å². The van der Waals surface area contributed by atoms with Crippen molar-refractivity contribution in [1.82, 2.24) is 0 Å². The molecule has 0 unspecified atom stereocenters. The summed E-state index contributed by atoms with van der Waals surface area (Å²) in [4.78, 5) is 12.3. The molecular formula is C25H34O3. The van der Waals surface area contributed by atoms with Crippen molar-refractivity contribution in [3.8, 4) is 11.5 Å². The van der Waals surface area contributed by atoms with E-state index in [1.165, 1.54) is 5.56 Å². The monoisotopic (exact) mass is 382 g/mol. The SMILES string of the molecule is CCC(C)(C)C(=O)Oc1ccc(C(C)(C)c2ccc(OC(C)(C)C)cc2)cc1. The summed E-state index contributed by atoms with van der Waals surface area (Å²) in [7, 11) is 0. The molecule has 0 saturated carbocycles. The third-order valence-electron chi connectivity index (χ3n) is 5.22. The first-order chi connectivity index (χ1) is 12.8. The Morgan fingerprint density at radius 1 is 0.750 bits per heavy atom. The molecule has 0 aromatic heterocycles. The smallest absolute Gasteiger partial charge is 0.316 e. The number of carbonyl (C=O) groups is 1. The average molecular weight is 383 g/mol. The van der Waals surface area contributed by atoms with Crippen LogP contribution in [0.5, 0.6) is 11.5 Å². The van der Waals surface area contributed by atoms with Gasteiger partial charge in [-0.2, -0.15) is 0 Å². The first kappa shape index (κ1) is 22.0. The topological polar surface area (TPSA) is 35.5 Å². The fourth-order valence-electron chi connectivity index (χ4n) is 2.79. The first-order valence-electron chi connectivity index (χ1n) is 9.97. The lowest BCUT2D eigenvalue weighted by Crippen LogP contribution is -2.28. The Bertz CT molecular complexity index is 791. The van der Waals surface area contributed by atoms with Crippen LogP contribution in [-0.4, -0.2) is 11.6 Å². The Hall–Kier alpha value is -2.29. The van der Waals surface area contributed by atoms with Crippen molar-refractivity contribution in [2.75, 3.05) is 0 Å². The maximum Gasteiger partial charge on any atom is 0.316 e. The Labute approximate surface area is 170 Å². The predicted octanol–water partition coefficient (Wildman–Crippen LogP) is 6.53. The van der Waals surface area contributed by atoms with E-state index >= 15 is 0 Å². The summed E-state index contributed by atoms with van der Waals surface area (Å²) in [5.74, 6) is 1.25. The number of esters is 1. The van der Waals surface area contributed by atoms with Gasteiger partial charge in [0.25, 0.3) is 0 Å². The van der Waals surface area contributed by atoms with Crippen LogP contribution >= 0.6 is 0 Å². The number of hydrogen-bond donors (Lipinski definition) is 0. The Kier molecular flexibility index (Phi) is 6.27. The van der Waals surface area contributed by atoms with Crippen LogP contribution in [0.25, 0.3) is 0 Å². The number of carbonyl (C=O) groups excluding carboxylic acids is 1. The molecule has 0 aliphatic carbocycles. The van der Waals surface area contributed by atoms with Crippen LogP contribution in [-0.2, 0) is 10.2 Å². The van der Waals surface area contributed by atoms with Crippen LogP contribution in [0.4, 0.5) is 0 Å². The highest BCUT2D eigenvalue weighted by Crippen LogP contribution is 2.34. The van der Waals surface area contributed by atoms with Crippen molar-refractivity contribution in [3.63, 3.8) is 0 Å². The standard InChI is InChI=1S/C25H34O3/c1-9-24(5,6)22(26)27-20-14-10-18(11-15-20)25(7,8)19-12-16-21(17-13-19)28-23(2,3)4/h10-17H,9H2,1-8H3. The van der Waals surface area contributed by atoms with E-state index in [1.54, 1.807) is 0 Å². The second kappa shape index (κ2) is 7.98. The third kappa shape index (κ3) is 5.37. The van der Waals surface area contributed by atoms with Crippen molar-refractivity contribution < 1.29 is 14.3 Å². The number of rotatable bonds is 6. The van der Waals surface area contributed by atoms with Crippen LogP contribution in [0.2, 0.25) is 0 Å². The molecule has 0 radical (unpaired) electrons. The molecule has 0 N–H and O–H groups in total. The summed E-state index contributed by atoms with van der Waals surface area (Å²) >= 11 is 0.